The van der Waals surface area contributed by atoms with Crippen molar-refractivity contribution < 1.29 is 14.6 Å². The molecule has 0 radical (unpaired) electrons. The van der Waals surface area contributed by atoms with Crippen LogP contribution in [0.1, 0.15) is 12.0 Å². The minimum absolute atomic E-state index is 0.0560. The molecular weight excluding hydrogens is 220 g/mol. The van der Waals surface area contributed by atoms with Gasteiger partial charge in [-0.3, -0.25) is 4.79 Å². The number of carbonyl (C=O) groups excluding carboxylic acids is 1. The largest absolute Gasteiger partial charge is 0.482 e. The summed E-state index contributed by atoms with van der Waals surface area (Å²) in [6, 6.07) is 5.58. The van der Waals surface area contributed by atoms with E-state index >= 15 is 0 Å². The van der Waals surface area contributed by atoms with Crippen molar-refractivity contribution in [3.05, 3.63) is 23.8 Å². The topological polar surface area (TPSA) is 75.8 Å². The van der Waals surface area contributed by atoms with Crippen molar-refractivity contribution in [1.82, 2.24) is 0 Å². The molecule has 0 spiro atoms. The quantitative estimate of drug-likeness (QED) is 0.786. The summed E-state index contributed by atoms with van der Waals surface area (Å²) in [6.07, 6.45) is 0.554. The van der Waals surface area contributed by atoms with Crippen molar-refractivity contribution >= 4 is 11.6 Å². The molecule has 2 rings (SSSR count). The average Bonchev–Trinajstić information content (AvgIpc) is 2.37. The van der Waals surface area contributed by atoms with Gasteiger partial charge in [-0.1, -0.05) is 6.07 Å². The van der Waals surface area contributed by atoms with Gasteiger partial charge in [-0.2, -0.15) is 0 Å². The number of nitrogens with zero attached hydrogens (tertiary/aromatic N) is 1. The van der Waals surface area contributed by atoms with Crippen LogP contribution in [0, 0.1) is 0 Å². The van der Waals surface area contributed by atoms with Gasteiger partial charge in [-0.05, 0) is 24.1 Å². The zero-order valence-corrected chi connectivity index (χ0v) is 9.56. The maximum atomic E-state index is 11.8. The molecule has 1 amide bonds. The molecule has 0 aromatic heterocycles. The summed E-state index contributed by atoms with van der Waals surface area (Å²) in [4.78, 5) is 13.4. The van der Waals surface area contributed by atoms with Crippen LogP contribution in [0.25, 0.3) is 0 Å². The van der Waals surface area contributed by atoms with E-state index in [-0.39, 0.29) is 19.1 Å². The molecule has 92 valence electrons. The second kappa shape index (κ2) is 5.16. The molecule has 17 heavy (non-hydrogen) atoms. The first-order valence-corrected chi connectivity index (χ1v) is 5.63. The van der Waals surface area contributed by atoms with Crippen LogP contribution in [0.5, 0.6) is 5.75 Å². The number of amides is 1. The minimum atomic E-state index is -0.0832. The van der Waals surface area contributed by atoms with Gasteiger partial charge in [0, 0.05) is 19.7 Å². The van der Waals surface area contributed by atoms with E-state index in [1.807, 2.05) is 18.2 Å². The summed E-state index contributed by atoms with van der Waals surface area (Å²) in [7, 11) is 0. The van der Waals surface area contributed by atoms with Crippen LogP contribution in [0.15, 0.2) is 18.2 Å². The molecule has 0 saturated heterocycles. The van der Waals surface area contributed by atoms with Gasteiger partial charge in [0.25, 0.3) is 5.91 Å². The second-order valence-corrected chi connectivity index (χ2v) is 3.92. The summed E-state index contributed by atoms with van der Waals surface area (Å²) in [5, 5.41) is 8.84. The lowest BCUT2D eigenvalue weighted by Crippen LogP contribution is -2.39. The van der Waals surface area contributed by atoms with E-state index in [0.717, 1.165) is 11.3 Å². The highest BCUT2D eigenvalue weighted by atomic mass is 16.5. The standard InChI is InChI=1S/C12H16N2O3/c13-7-9-2-3-11-10(6-9)14(4-1-5-15)12(16)8-17-11/h2-3,6,15H,1,4-5,7-8,13H2. The summed E-state index contributed by atoms with van der Waals surface area (Å²) in [5.41, 5.74) is 7.28. The summed E-state index contributed by atoms with van der Waals surface area (Å²) in [6.45, 7) is 1.05. The fraction of sp³-hybridized carbons (Fsp3) is 0.417. The van der Waals surface area contributed by atoms with Gasteiger partial charge >= 0.3 is 0 Å². The van der Waals surface area contributed by atoms with Gasteiger partial charge in [-0.15, -0.1) is 0 Å². The third-order valence-corrected chi connectivity index (χ3v) is 2.74. The molecule has 0 aliphatic carbocycles. The molecule has 1 aromatic rings. The molecule has 0 saturated carbocycles. The molecule has 0 fully saturated rings. The Morgan fingerprint density at radius 3 is 3.00 bits per heavy atom. The van der Waals surface area contributed by atoms with E-state index in [1.54, 1.807) is 4.90 Å². The fourth-order valence-corrected chi connectivity index (χ4v) is 1.85. The lowest BCUT2D eigenvalue weighted by Gasteiger charge is -2.29. The Morgan fingerprint density at radius 1 is 1.47 bits per heavy atom. The van der Waals surface area contributed by atoms with Gasteiger partial charge < -0.3 is 20.5 Å². The normalized spacial score (nSPS) is 14.5. The number of benzene rings is 1. The molecular formula is C12H16N2O3. The van der Waals surface area contributed by atoms with Crippen LogP contribution in [0.4, 0.5) is 5.69 Å². The SMILES string of the molecule is NCc1ccc2c(c1)N(CCCO)C(=O)CO2. The number of aliphatic hydroxyl groups excluding tert-OH is 1. The molecule has 1 aromatic carbocycles. The number of aliphatic hydroxyl groups is 1. The number of hydrogen-bond acceptors (Lipinski definition) is 4. The van der Waals surface area contributed by atoms with Gasteiger partial charge in [0.1, 0.15) is 5.75 Å². The summed E-state index contributed by atoms with van der Waals surface area (Å²) >= 11 is 0. The number of hydrogen-bond donors (Lipinski definition) is 2. The van der Waals surface area contributed by atoms with Crippen molar-refractivity contribution in [2.24, 2.45) is 5.73 Å². The van der Waals surface area contributed by atoms with Crippen LogP contribution in [0.2, 0.25) is 0 Å². The Kier molecular flexibility index (Phi) is 3.61. The van der Waals surface area contributed by atoms with Crippen LogP contribution < -0.4 is 15.4 Å². The number of nitrogens with two attached hydrogens (primary N) is 1. The Labute approximate surface area is 99.8 Å². The molecule has 1 aliphatic rings. The van der Waals surface area contributed by atoms with Crippen LogP contribution in [0.3, 0.4) is 0 Å². The van der Waals surface area contributed by atoms with Crippen molar-refractivity contribution in [2.75, 3.05) is 24.7 Å². The molecule has 3 N–H and O–H groups in total. The molecule has 0 bridgehead atoms. The zero-order valence-electron chi connectivity index (χ0n) is 9.56. The molecule has 0 unspecified atom stereocenters. The van der Waals surface area contributed by atoms with Gasteiger partial charge in [-0.25, -0.2) is 0 Å². The predicted octanol–water partition coefficient (Wildman–Crippen LogP) is 0.253. The van der Waals surface area contributed by atoms with Gasteiger partial charge in [0.2, 0.25) is 0 Å². The zero-order chi connectivity index (χ0) is 12.3. The molecule has 5 nitrogen and oxygen atoms in total. The van der Waals surface area contributed by atoms with Crippen LogP contribution in [-0.2, 0) is 11.3 Å². The second-order valence-electron chi connectivity index (χ2n) is 3.92. The van der Waals surface area contributed by atoms with Gasteiger partial charge in [0.15, 0.2) is 6.61 Å². The molecule has 5 heteroatoms. The van der Waals surface area contributed by atoms with E-state index in [0.29, 0.717) is 25.3 Å². The van der Waals surface area contributed by atoms with E-state index < -0.39 is 0 Å². The first-order valence-electron chi connectivity index (χ1n) is 5.63. The highest BCUT2D eigenvalue weighted by Crippen LogP contribution is 2.32. The van der Waals surface area contributed by atoms with Crippen LogP contribution >= 0.6 is 0 Å². The van der Waals surface area contributed by atoms with E-state index in [9.17, 15) is 4.79 Å². The molecule has 1 aliphatic heterocycles. The molecule has 0 atom stereocenters. The number of fused-ring (bicyclic) bond motifs is 1. The highest BCUT2D eigenvalue weighted by Gasteiger charge is 2.24. The van der Waals surface area contributed by atoms with Crippen molar-refractivity contribution in [1.29, 1.82) is 0 Å². The van der Waals surface area contributed by atoms with E-state index in [4.69, 9.17) is 15.6 Å². The fourth-order valence-electron chi connectivity index (χ4n) is 1.85. The minimum Gasteiger partial charge on any atom is -0.482 e. The van der Waals surface area contributed by atoms with E-state index in [2.05, 4.69) is 0 Å². The predicted molar refractivity (Wildman–Crippen MR) is 63.9 cm³/mol. The van der Waals surface area contributed by atoms with Crippen molar-refractivity contribution in [3.63, 3.8) is 0 Å². The maximum Gasteiger partial charge on any atom is 0.265 e. The smallest absolute Gasteiger partial charge is 0.265 e. The number of carbonyl (C=O) groups is 1. The maximum absolute atomic E-state index is 11.8. The monoisotopic (exact) mass is 236 g/mol. The Bertz CT molecular complexity index is 420. The average molecular weight is 236 g/mol. The van der Waals surface area contributed by atoms with Crippen molar-refractivity contribution in [3.8, 4) is 5.75 Å². The Balaban J connectivity index is 2.31. The Hall–Kier alpha value is -1.59. The third kappa shape index (κ3) is 2.40. The number of anilines is 1. The number of ether oxygens (including phenoxy) is 1. The Morgan fingerprint density at radius 2 is 2.29 bits per heavy atom. The summed E-state index contributed by atoms with van der Waals surface area (Å²) < 4.78 is 5.35. The third-order valence-electron chi connectivity index (χ3n) is 2.74. The van der Waals surface area contributed by atoms with Crippen LogP contribution in [-0.4, -0.2) is 30.8 Å². The molecule has 1 heterocycles. The lowest BCUT2D eigenvalue weighted by molar-refractivity contribution is -0.121. The number of rotatable bonds is 4. The van der Waals surface area contributed by atoms with E-state index in [1.165, 1.54) is 0 Å². The van der Waals surface area contributed by atoms with Gasteiger partial charge in [0.05, 0.1) is 5.69 Å². The lowest BCUT2D eigenvalue weighted by atomic mass is 10.1. The van der Waals surface area contributed by atoms with Crippen molar-refractivity contribution in [2.45, 2.75) is 13.0 Å². The first kappa shape index (κ1) is 11.9. The first-order chi connectivity index (χ1) is 8.26. The summed E-state index contributed by atoms with van der Waals surface area (Å²) in [5.74, 6) is 0.611. The highest BCUT2D eigenvalue weighted by molar-refractivity contribution is 5.97.